The summed E-state index contributed by atoms with van der Waals surface area (Å²) in [6.07, 6.45) is -0.452. The van der Waals surface area contributed by atoms with Gasteiger partial charge in [0.05, 0.1) is 0 Å². The van der Waals surface area contributed by atoms with Crippen molar-refractivity contribution in [3.05, 3.63) is 12.7 Å². The number of rotatable bonds is 3. The number of amides is 1. The number of nitrogens with one attached hydrogen (secondary N) is 1. The molecule has 0 aromatic heterocycles. The molecule has 0 bridgehead atoms. The van der Waals surface area contributed by atoms with Gasteiger partial charge in [-0.1, -0.05) is 6.58 Å². The normalized spacial score (nSPS) is 10.7. The fourth-order valence-corrected chi connectivity index (χ4v) is 0.288. The fraction of sp³-hybridized carbons (Fsp3) is 0.250. The van der Waals surface area contributed by atoms with Gasteiger partial charge in [0.2, 0.25) is 5.91 Å². The standard InChI is InChI=1S/C4H6BF3NO/c1-2-4(10)9-3-5(6,7)8/h2H,1,3H2,(H,9,10)/q-1. The second-order valence-corrected chi connectivity index (χ2v) is 1.66. The van der Waals surface area contributed by atoms with E-state index in [1.54, 1.807) is 5.32 Å². The van der Waals surface area contributed by atoms with Crippen LogP contribution in [0.15, 0.2) is 12.7 Å². The predicted octanol–water partition coefficient (Wildman–Crippen LogP) is 0.675. The van der Waals surface area contributed by atoms with Crippen molar-refractivity contribution >= 4 is 12.9 Å². The molecular weight excluding hydrogens is 146 g/mol. The van der Waals surface area contributed by atoms with Crippen molar-refractivity contribution in [3.8, 4) is 0 Å². The molecule has 1 amide bonds. The molecule has 2 nitrogen and oxygen atoms in total. The highest BCUT2D eigenvalue weighted by Gasteiger charge is 2.22. The number of carbonyl (C=O) groups is 1. The van der Waals surface area contributed by atoms with Crippen LogP contribution in [0.4, 0.5) is 12.9 Å². The molecular formula is C4H6BF3NO-. The summed E-state index contributed by atoms with van der Waals surface area (Å²) in [6, 6.07) is 0. The lowest BCUT2D eigenvalue weighted by Gasteiger charge is -2.12. The van der Waals surface area contributed by atoms with Crippen LogP contribution in [0.25, 0.3) is 0 Å². The van der Waals surface area contributed by atoms with E-state index in [2.05, 4.69) is 6.58 Å². The van der Waals surface area contributed by atoms with Crippen LogP contribution >= 0.6 is 0 Å². The van der Waals surface area contributed by atoms with Gasteiger partial charge < -0.3 is 18.3 Å². The second-order valence-electron chi connectivity index (χ2n) is 1.66. The first-order chi connectivity index (χ1) is 4.45. The molecule has 0 aliphatic carbocycles. The molecule has 6 heteroatoms. The lowest BCUT2D eigenvalue weighted by Crippen LogP contribution is -2.36. The quantitative estimate of drug-likeness (QED) is 0.467. The Kier molecular flexibility index (Phi) is 2.98. The summed E-state index contributed by atoms with van der Waals surface area (Å²) in [5.74, 6) is -0.806. The monoisotopic (exact) mass is 152 g/mol. The second kappa shape index (κ2) is 3.29. The zero-order chi connectivity index (χ0) is 8.20. The summed E-state index contributed by atoms with van der Waals surface area (Å²) in [6.45, 7) is -1.93. The van der Waals surface area contributed by atoms with E-state index in [4.69, 9.17) is 0 Å². The zero-order valence-corrected chi connectivity index (χ0v) is 5.11. The maximum absolute atomic E-state index is 11.4. The molecule has 0 aromatic carbocycles. The maximum Gasteiger partial charge on any atom is 0.497 e. The molecule has 10 heavy (non-hydrogen) atoms. The predicted molar refractivity (Wildman–Crippen MR) is 32.3 cm³/mol. The van der Waals surface area contributed by atoms with Gasteiger partial charge in [0.15, 0.2) is 0 Å². The highest BCUT2D eigenvalue weighted by atomic mass is 19.4. The molecule has 0 saturated heterocycles. The average Bonchev–Trinajstić information content (AvgIpc) is 1.81. The Morgan fingerprint density at radius 3 is 2.40 bits per heavy atom. The van der Waals surface area contributed by atoms with E-state index in [0.29, 0.717) is 0 Å². The number of halogens is 3. The molecule has 0 aliphatic heterocycles. The van der Waals surface area contributed by atoms with Gasteiger partial charge in [-0.15, -0.1) is 0 Å². The molecule has 0 spiro atoms. The van der Waals surface area contributed by atoms with E-state index in [0.717, 1.165) is 6.08 Å². The molecule has 0 fully saturated rings. The molecule has 0 aliphatic rings. The highest BCUT2D eigenvalue weighted by molar-refractivity contribution is 6.58. The van der Waals surface area contributed by atoms with Gasteiger partial charge in [0.25, 0.3) is 0 Å². The smallest absolute Gasteiger partial charge is 0.448 e. The topological polar surface area (TPSA) is 29.1 Å². The third-order valence-corrected chi connectivity index (χ3v) is 0.693. The maximum atomic E-state index is 11.4. The van der Waals surface area contributed by atoms with Crippen molar-refractivity contribution < 1.29 is 17.7 Å². The molecule has 0 saturated carbocycles. The van der Waals surface area contributed by atoms with E-state index in [9.17, 15) is 17.7 Å². The summed E-state index contributed by atoms with van der Waals surface area (Å²) in [7, 11) is 0. The lowest BCUT2D eigenvalue weighted by molar-refractivity contribution is -0.116. The van der Waals surface area contributed by atoms with Crippen molar-refractivity contribution in [3.63, 3.8) is 0 Å². The van der Waals surface area contributed by atoms with E-state index in [1.165, 1.54) is 0 Å². The van der Waals surface area contributed by atoms with Crippen molar-refractivity contribution in [1.82, 2.24) is 5.32 Å². The van der Waals surface area contributed by atoms with Crippen LogP contribution in [0.2, 0.25) is 0 Å². The van der Waals surface area contributed by atoms with E-state index in [-0.39, 0.29) is 0 Å². The molecule has 0 unspecified atom stereocenters. The number of hydrogen-bond donors (Lipinski definition) is 1. The van der Waals surface area contributed by atoms with Crippen molar-refractivity contribution in [2.45, 2.75) is 0 Å². The lowest BCUT2D eigenvalue weighted by atomic mass is 9.92. The number of carbonyl (C=O) groups excluding carboxylic acids is 1. The molecule has 0 aromatic rings. The fourth-order valence-electron chi connectivity index (χ4n) is 0.288. The minimum Gasteiger partial charge on any atom is -0.448 e. The minimum absolute atomic E-state index is 0.793. The van der Waals surface area contributed by atoms with Gasteiger partial charge in [-0.3, -0.25) is 4.79 Å². The van der Waals surface area contributed by atoms with Crippen LogP contribution in [0, 0.1) is 0 Å². The van der Waals surface area contributed by atoms with Crippen LogP contribution < -0.4 is 5.32 Å². The van der Waals surface area contributed by atoms with Crippen LogP contribution in [-0.2, 0) is 4.79 Å². The van der Waals surface area contributed by atoms with Gasteiger partial charge in [0.1, 0.15) is 0 Å². The molecule has 0 radical (unpaired) electrons. The summed E-state index contributed by atoms with van der Waals surface area (Å²) < 4.78 is 34.1. The Balaban J connectivity index is 3.55. The van der Waals surface area contributed by atoms with Crippen molar-refractivity contribution in [2.75, 3.05) is 6.44 Å². The molecule has 0 rings (SSSR count). The van der Waals surface area contributed by atoms with E-state index >= 15 is 0 Å². The Bertz CT molecular complexity index is 144. The van der Waals surface area contributed by atoms with Crippen LogP contribution in [0.1, 0.15) is 0 Å². The van der Waals surface area contributed by atoms with Crippen molar-refractivity contribution in [2.24, 2.45) is 0 Å². The van der Waals surface area contributed by atoms with Crippen LogP contribution in [0.5, 0.6) is 0 Å². The van der Waals surface area contributed by atoms with Crippen LogP contribution in [0.3, 0.4) is 0 Å². The zero-order valence-electron chi connectivity index (χ0n) is 5.11. The van der Waals surface area contributed by atoms with E-state index < -0.39 is 19.3 Å². The third-order valence-electron chi connectivity index (χ3n) is 0.693. The Labute approximate surface area is 56.2 Å². The van der Waals surface area contributed by atoms with Gasteiger partial charge in [0, 0.05) is 0 Å². The Morgan fingerprint density at radius 2 is 2.10 bits per heavy atom. The molecule has 58 valence electrons. The summed E-state index contributed by atoms with van der Waals surface area (Å²) >= 11 is 0. The number of hydrogen-bond acceptors (Lipinski definition) is 1. The van der Waals surface area contributed by atoms with Gasteiger partial charge in [-0.2, -0.15) is 0 Å². The molecule has 0 heterocycles. The first-order valence-corrected chi connectivity index (χ1v) is 2.57. The van der Waals surface area contributed by atoms with Gasteiger partial charge in [-0.05, 0) is 12.5 Å². The first kappa shape index (κ1) is 9.06. The first-order valence-electron chi connectivity index (χ1n) is 2.57. The largest absolute Gasteiger partial charge is 0.497 e. The van der Waals surface area contributed by atoms with E-state index in [1.807, 2.05) is 0 Å². The summed E-state index contributed by atoms with van der Waals surface area (Å²) in [5.41, 5.74) is 0. The van der Waals surface area contributed by atoms with Crippen LogP contribution in [-0.4, -0.2) is 19.3 Å². The third kappa shape index (κ3) is 5.21. The van der Waals surface area contributed by atoms with Crippen molar-refractivity contribution in [1.29, 1.82) is 0 Å². The molecule has 1 N–H and O–H groups in total. The van der Waals surface area contributed by atoms with Gasteiger partial charge in [-0.25, -0.2) is 0 Å². The average molecular weight is 152 g/mol. The SMILES string of the molecule is C=CC(=O)NC[B-](F)(F)F. The minimum atomic E-state index is -4.92. The Morgan fingerprint density at radius 1 is 1.60 bits per heavy atom. The van der Waals surface area contributed by atoms with Gasteiger partial charge >= 0.3 is 6.98 Å². The molecule has 0 atom stereocenters. The Hall–Kier alpha value is -0.935. The summed E-state index contributed by atoms with van der Waals surface area (Å²) in [4.78, 5) is 10.1. The summed E-state index contributed by atoms with van der Waals surface area (Å²) in [5, 5.41) is 1.62. The highest BCUT2D eigenvalue weighted by Crippen LogP contribution is 2.04.